The molecule has 2 aromatic carbocycles. The van der Waals surface area contributed by atoms with E-state index in [9.17, 15) is 14.4 Å². The fourth-order valence-electron chi connectivity index (χ4n) is 4.88. The van der Waals surface area contributed by atoms with Crippen molar-refractivity contribution in [2.75, 3.05) is 19.0 Å². The second-order valence-electron chi connectivity index (χ2n) is 8.89. The summed E-state index contributed by atoms with van der Waals surface area (Å²) in [5.74, 6) is 2.17. The maximum absolute atomic E-state index is 12.8. The smallest absolute Gasteiger partial charge is 0.228 e. The first-order valence-electron chi connectivity index (χ1n) is 12.2. The van der Waals surface area contributed by atoms with Gasteiger partial charge in [-0.05, 0) is 85.5 Å². The molecule has 0 aliphatic heterocycles. The third-order valence-electron chi connectivity index (χ3n) is 6.89. The van der Waals surface area contributed by atoms with Crippen LogP contribution in [0.2, 0.25) is 0 Å². The van der Waals surface area contributed by atoms with E-state index in [2.05, 4.69) is 12.2 Å². The second kappa shape index (κ2) is 11.8. The van der Waals surface area contributed by atoms with Gasteiger partial charge in [-0.1, -0.05) is 20.8 Å². The van der Waals surface area contributed by atoms with Gasteiger partial charge in [0.05, 0.1) is 7.11 Å². The molecule has 182 valence electrons. The van der Waals surface area contributed by atoms with Crippen LogP contribution in [0.3, 0.4) is 0 Å². The molecule has 2 aliphatic carbocycles. The van der Waals surface area contributed by atoms with Crippen LogP contribution < -0.4 is 14.8 Å². The number of ether oxygens (including phenoxy) is 2. The van der Waals surface area contributed by atoms with Crippen molar-refractivity contribution in [1.82, 2.24) is 0 Å². The van der Waals surface area contributed by atoms with Crippen LogP contribution >= 0.6 is 0 Å². The monoisotopic (exact) mass is 465 g/mol. The van der Waals surface area contributed by atoms with Gasteiger partial charge in [-0.2, -0.15) is 0 Å². The summed E-state index contributed by atoms with van der Waals surface area (Å²) in [4.78, 5) is 36.8. The van der Waals surface area contributed by atoms with Crippen LogP contribution in [0.5, 0.6) is 11.5 Å². The maximum Gasteiger partial charge on any atom is 0.228 e. The zero-order valence-corrected chi connectivity index (χ0v) is 20.5. The third-order valence-corrected chi connectivity index (χ3v) is 6.89. The quantitative estimate of drug-likeness (QED) is 0.395. The lowest BCUT2D eigenvalue weighted by Gasteiger charge is -2.19. The Hall–Kier alpha value is -3.15. The predicted octanol–water partition coefficient (Wildman–Crippen LogP) is 5.42. The van der Waals surface area contributed by atoms with E-state index in [-0.39, 0.29) is 30.1 Å². The van der Waals surface area contributed by atoms with Crippen molar-refractivity contribution in [3.8, 4) is 11.5 Å². The van der Waals surface area contributed by atoms with Gasteiger partial charge in [0.1, 0.15) is 17.8 Å². The van der Waals surface area contributed by atoms with Crippen molar-refractivity contribution in [3.63, 3.8) is 0 Å². The van der Waals surface area contributed by atoms with E-state index >= 15 is 0 Å². The molecule has 1 N–H and O–H groups in total. The molecule has 5 atom stereocenters. The minimum Gasteiger partial charge on any atom is -0.497 e. The molecule has 2 saturated carbocycles. The molecule has 0 heterocycles. The highest BCUT2D eigenvalue weighted by Crippen LogP contribution is 2.53. The second-order valence-corrected chi connectivity index (χ2v) is 8.89. The average Bonchev–Trinajstić information content (AvgIpc) is 3.44. The van der Waals surface area contributed by atoms with Crippen LogP contribution in [0.15, 0.2) is 48.5 Å². The average molecular weight is 466 g/mol. The lowest BCUT2D eigenvalue weighted by molar-refractivity contribution is -0.125. The highest BCUT2D eigenvalue weighted by Gasteiger charge is 2.49. The number of methoxy groups -OCH3 is 1. The molecular weight excluding hydrogens is 430 g/mol. The van der Waals surface area contributed by atoms with Gasteiger partial charge in [-0.3, -0.25) is 9.59 Å². The zero-order chi connectivity index (χ0) is 24.7. The number of nitrogens with one attached hydrogen (secondary N) is 1. The van der Waals surface area contributed by atoms with Gasteiger partial charge in [0.15, 0.2) is 12.4 Å². The Morgan fingerprint density at radius 1 is 0.971 bits per heavy atom. The molecule has 4 rings (SSSR count). The SMILES string of the molecule is CC.COc1ccc(C(=O)COc2ccc(NC(=O)C3CCC(C4CC4C)C3C=O)cc2)cc1. The molecule has 1 amide bonds. The summed E-state index contributed by atoms with van der Waals surface area (Å²) in [6, 6.07) is 13.8. The lowest BCUT2D eigenvalue weighted by atomic mass is 9.86. The summed E-state index contributed by atoms with van der Waals surface area (Å²) in [7, 11) is 1.58. The van der Waals surface area contributed by atoms with Crippen LogP contribution in [-0.2, 0) is 9.59 Å². The summed E-state index contributed by atoms with van der Waals surface area (Å²) in [5, 5.41) is 2.94. The maximum atomic E-state index is 12.8. The van der Waals surface area contributed by atoms with Crippen LogP contribution in [0.4, 0.5) is 5.69 Å². The third kappa shape index (κ3) is 6.04. The van der Waals surface area contributed by atoms with Gasteiger partial charge in [-0.15, -0.1) is 0 Å². The van der Waals surface area contributed by atoms with E-state index in [1.165, 1.54) is 6.42 Å². The van der Waals surface area contributed by atoms with Crippen molar-refractivity contribution < 1.29 is 23.9 Å². The Balaban J connectivity index is 0.00000158. The topological polar surface area (TPSA) is 81.7 Å². The highest BCUT2D eigenvalue weighted by atomic mass is 16.5. The van der Waals surface area contributed by atoms with Gasteiger partial charge in [0.25, 0.3) is 0 Å². The molecule has 0 aromatic heterocycles. The molecule has 34 heavy (non-hydrogen) atoms. The number of aldehydes is 1. The number of carbonyl (C=O) groups is 3. The largest absolute Gasteiger partial charge is 0.497 e. The number of ketones is 1. The number of carbonyl (C=O) groups excluding carboxylic acids is 3. The number of Topliss-reactive ketones (excluding diaryl/α,β-unsaturated/α-hetero) is 1. The molecule has 0 bridgehead atoms. The molecule has 0 saturated heterocycles. The van der Waals surface area contributed by atoms with E-state index in [1.54, 1.807) is 55.6 Å². The van der Waals surface area contributed by atoms with Crippen LogP contribution in [0, 0.1) is 29.6 Å². The standard InChI is InChI=1S/C26H29NO5.C2H6/c1-16-13-23(16)21-11-12-22(24(21)14-28)26(30)27-18-5-9-20(10-6-18)32-15-25(29)17-3-7-19(31-2)8-4-17;1-2/h3-10,14,16,21-24H,11-13,15H2,1-2H3,(H,27,30);1-2H3. The Morgan fingerprint density at radius 3 is 2.15 bits per heavy atom. The molecule has 5 unspecified atom stereocenters. The van der Waals surface area contributed by atoms with Crippen LogP contribution in [0.25, 0.3) is 0 Å². The Morgan fingerprint density at radius 2 is 1.59 bits per heavy atom. The van der Waals surface area contributed by atoms with E-state index < -0.39 is 0 Å². The molecular formula is C28H35NO5. The highest BCUT2D eigenvalue weighted by molar-refractivity contribution is 5.97. The number of benzene rings is 2. The minimum absolute atomic E-state index is 0.0812. The van der Waals surface area contributed by atoms with Gasteiger partial charge in [0.2, 0.25) is 5.91 Å². The molecule has 2 aliphatic rings. The number of rotatable bonds is 9. The van der Waals surface area contributed by atoms with E-state index in [0.29, 0.717) is 40.5 Å². The molecule has 6 nitrogen and oxygen atoms in total. The summed E-state index contributed by atoms with van der Waals surface area (Å²) in [6.45, 7) is 6.14. The normalized spacial score (nSPS) is 24.9. The van der Waals surface area contributed by atoms with E-state index in [0.717, 1.165) is 19.1 Å². The molecule has 6 heteroatoms. The lowest BCUT2D eigenvalue weighted by Crippen LogP contribution is -2.29. The van der Waals surface area contributed by atoms with Gasteiger partial charge in [0, 0.05) is 23.1 Å². The molecule has 2 aromatic rings. The van der Waals surface area contributed by atoms with Crippen LogP contribution in [0.1, 0.15) is 50.4 Å². The van der Waals surface area contributed by atoms with Crippen molar-refractivity contribution >= 4 is 23.7 Å². The summed E-state index contributed by atoms with van der Waals surface area (Å²) < 4.78 is 10.7. The molecule has 0 spiro atoms. The first-order chi connectivity index (χ1) is 16.5. The summed E-state index contributed by atoms with van der Waals surface area (Å²) in [5.41, 5.74) is 1.20. The Kier molecular flexibility index (Phi) is 8.85. The number of amides is 1. The first kappa shape index (κ1) is 25.5. The van der Waals surface area contributed by atoms with Crippen molar-refractivity contribution in [2.24, 2.45) is 29.6 Å². The minimum atomic E-state index is -0.261. The van der Waals surface area contributed by atoms with E-state index in [4.69, 9.17) is 9.47 Å². The molecule has 2 fully saturated rings. The number of hydrogen-bond donors (Lipinski definition) is 1. The Bertz CT molecular complexity index is 969. The van der Waals surface area contributed by atoms with Crippen molar-refractivity contribution in [1.29, 1.82) is 0 Å². The van der Waals surface area contributed by atoms with Crippen molar-refractivity contribution in [2.45, 2.75) is 40.0 Å². The van der Waals surface area contributed by atoms with Gasteiger partial charge >= 0.3 is 0 Å². The van der Waals surface area contributed by atoms with E-state index in [1.807, 2.05) is 13.8 Å². The fraction of sp³-hybridized carbons (Fsp3) is 0.464. The van der Waals surface area contributed by atoms with Crippen LogP contribution in [-0.4, -0.2) is 31.7 Å². The van der Waals surface area contributed by atoms with Crippen molar-refractivity contribution in [3.05, 3.63) is 54.1 Å². The zero-order valence-electron chi connectivity index (χ0n) is 20.5. The Labute approximate surface area is 202 Å². The summed E-state index contributed by atoms with van der Waals surface area (Å²) in [6.07, 6.45) is 3.87. The van der Waals surface area contributed by atoms with Gasteiger partial charge < -0.3 is 19.6 Å². The predicted molar refractivity (Wildman–Crippen MR) is 132 cm³/mol. The fourth-order valence-corrected chi connectivity index (χ4v) is 4.88. The van der Waals surface area contributed by atoms with Gasteiger partial charge in [-0.25, -0.2) is 0 Å². The summed E-state index contributed by atoms with van der Waals surface area (Å²) >= 11 is 0. The number of anilines is 1. The number of hydrogen-bond acceptors (Lipinski definition) is 5. The molecule has 0 radical (unpaired) electrons. The first-order valence-corrected chi connectivity index (χ1v) is 12.2.